The first-order chi connectivity index (χ1) is 7.68. The van der Waals surface area contributed by atoms with Gasteiger partial charge in [0.05, 0.1) is 6.54 Å². The van der Waals surface area contributed by atoms with Crippen molar-refractivity contribution in [3.63, 3.8) is 0 Å². The van der Waals surface area contributed by atoms with Crippen LogP contribution in [0.25, 0.3) is 0 Å². The molecule has 1 heterocycles. The van der Waals surface area contributed by atoms with E-state index >= 15 is 0 Å². The summed E-state index contributed by atoms with van der Waals surface area (Å²) in [5.41, 5.74) is 5.66. The minimum absolute atomic E-state index is 0.247. The quantitative estimate of drug-likeness (QED) is 0.665. The summed E-state index contributed by atoms with van der Waals surface area (Å²) in [7, 11) is 0. The summed E-state index contributed by atoms with van der Waals surface area (Å²) in [5, 5.41) is 0. The maximum absolute atomic E-state index is 11.8. The molecule has 4 heteroatoms. The number of hydrogen-bond donors (Lipinski definition) is 1. The highest BCUT2D eigenvalue weighted by atomic mass is 16.2. The zero-order chi connectivity index (χ0) is 11.3. The Bertz CT molecular complexity index is 422. The van der Waals surface area contributed by atoms with E-state index in [2.05, 4.69) is 10.9 Å². The van der Waals surface area contributed by atoms with Crippen molar-refractivity contribution >= 4 is 11.9 Å². The Balaban J connectivity index is 2.01. The third kappa shape index (κ3) is 0.960. The fraction of sp³-hybridized carbons (Fsp3) is 0.667. The van der Waals surface area contributed by atoms with E-state index in [4.69, 9.17) is 12.2 Å². The molecule has 2 saturated carbocycles. The summed E-state index contributed by atoms with van der Waals surface area (Å²) >= 11 is 0. The number of rotatable bonds is 1. The van der Waals surface area contributed by atoms with Gasteiger partial charge in [-0.05, 0) is 37.5 Å². The van der Waals surface area contributed by atoms with Crippen LogP contribution in [0.4, 0.5) is 4.79 Å². The Labute approximate surface area is 94.9 Å². The first-order valence-electron chi connectivity index (χ1n) is 5.78. The van der Waals surface area contributed by atoms with E-state index in [1.54, 1.807) is 4.90 Å². The van der Waals surface area contributed by atoms with Crippen molar-refractivity contribution in [3.8, 4) is 12.3 Å². The number of carbonyl (C=O) groups is 1. The number of urea groups is 1. The molecular formula is C12H15N3O. The van der Waals surface area contributed by atoms with Crippen molar-refractivity contribution < 1.29 is 4.79 Å². The molecule has 2 N–H and O–H groups in total. The molecule has 3 aliphatic rings. The minimum atomic E-state index is -0.327. The molecule has 0 aromatic carbocycles. The molecule has 16 heavy (non-hydrogen) atoms. The standard InChI is InChI=1S/C12H15N3O/c1-2-5-15-11(16)14-10(13)12(15)7-8-3-4-9(12)6-8/h1,8-9H,3-7H2,(H2,13,14,16). The summed E-state index contributed by atoms with van der Waals surface area (Å²) in [6.45, 7) is 0.326. The van der Waals surface area contributed by atoms with Crippen molar-refractivity contribution in [3.05, 3.63) is 0 Å². The lowest BCUT2D eigenvalue weighted by atomic mass is 9.79. The van der Waals surface area contributed by atoms with E-state index in [1.807, 2.05) is 0 Å². The van der Waals surface area contributed by atoms with Crippen LogP contribution in [0.5, 0.6) is 0 Å². The van der Waals surface area contributed by atoms with E-state index in [0.29, 0.717) is 24.2 Å². The largest absolute Gasteiger partial charge is 0.385 e. The lowest BCUT2D eigenvalue weighted by molar-refractivity contribution is 0.142. The summed E-state index contributed by atoms with van der Waals surface area (Å²) in [6, 6.07) is -0.247. The number of aliphatic imine (C=N–C) groups is 1. The number of fused-ring (bicyclic) bond motifs is 3. The highest BCUT2D eigenvalue weighted by Crippen LogP contribution is 2.54. The summed E-state index contributed by atoms with van der Waals surface area (Å²) < 4.78 is 0. The monoisotopic (exact) mass is 217 g/mol. The van der Waals surface area contributed by atoms with Gasteiger partial charge in [-0.2, -0.15) is 4.99 Å². The fourth-order valence-electron chi connectivity index (χ4n) is 3.81. The summed E-state index contributed by atoms with van der Waals surface area (Å²) in [6.07, 6.45) is 9.87. The topological polar surface area (TPSA) is 58.7 Å². The second-order valence-electron chi connectivity index (χ2n) is 5.07. The van der Waals surface area contributed by atoms with Crippen LogP contribution in [0, 0.1) is 24.2 Å². The van der Waals surface area contributed by atoms with Crippen LogP contribution in [0.15, 0.2) is 4.99 Å². The lowest BCUT2D eigenvalue weighted by Crippen LogP contribution is -2.57. The third-order valence-electron chi connectivity index (χ3n) is 4.44. The third-order valence-corrected chi connectivity index (χ3v) is 4.44. The molecule has 3 unspecified atom stereocenters. The van der Waals surface area contributed by atoms with E-state index < -0.39 is 0 Å². The highest BCUT2D eigenvalue weighted by molar-refractivity contribution is 6.06. The molecule has 2 fully saturated rings. The van der Waals surface area contributed by atoms with Crippen molar-refractivity contribution in [2.75, 3.05) is 6.54 Å². The van der Waals surface area contributed by atoms with Crippen LogP contribution >= 0.6 is 0 Å². The number of nitrogens with zero attached hydrogens (tertiary/aromatic N) is 2. The molecule has 1 spiro atoms. The van der Waals surface area contributed by atoms with Crippen molar-refractivity contribution in [1.82, 2.24) is 4.90 Å². The molecule has 1 aliphatic heterocycles. The van der Waals surface area contributed by atoms with Crippen LogP contribution < -0.4 is 5.73 Å². The van der Waals surface area contributed by atoms with E-state index in [-0.39, 0.29) is 11.6 Å². The predicted molar refractivity (Wildman–Crippen MR) is 60.7 cm³/mol. The fourth-order valence-corrected chi connectivity index (χ4v) is 3.81. The molecule has 3 rings (SSSR count). The van der Waals surface area contributed by atoms with Gasteiger partial charge in [-0.25, -0.2) is 4.79 Å². The Morgan fingerprint density at radius 1 is 1.62 bits per heavy atom. The normalized spacial score (nSPS) is 40.6. The molecular weight excluding hydrogens is 202 g/mol. The molecule has 0 saturated heterocycles. The van der Waals surface area contributed by atoms with Gasteiger partial charge in [0.2, 0.25) is 0 Å². The first-order valence-corrected chi connectivity index (χ1v) is 5.78. The van der Waals surface area contributed by atoms with E-state index in [1.165, 1.54) is 12.8 Å². The van der Waals surface area contributed by atoms with Crippen molar-refractivity contribution in [2.24, 2.45) is 22.6 Å². The Morgan fingerprint density at radius 2 is 2.44 bits per heavy atom. The van der Waals surface area contributed by atoms with Crippen LogP contribution in [-0.4, -0.2) is 28.9 Å². The van der Waals surface area contributed by atoms with Gasteiger partial charge in [0, 0.05) is 0 Å². The molecule has 0 aromatic rings. The van der Waals surface area contributed by atoms with Gasteiger partial charge in [-0.1, -0.05) is 5.92 Å². The summed E-state index contributed by atoms with van der Waals surface area (Å²) in [5.74, 6) is 4.22. The molecule has 2 amide bonds. The molecule has 4 nitrogen and oxygen atoms in total. The molecule has 2 aliphatic carbocycles. The van der Waals surface area contributed by atoms with E-state index in [0.717, 1.165) is 12.8 Å². The molecule has 3 atom stereocenters. The van der Waals surface area contributed by atoms with Crippen LogP contribution in [0.2, 0.25) is 0 Å². The van der Waals surface area contributed by atoms with Gasteiger partial charge >= 0.3 is 6.03 Å². The number of hydrogen-bond acceptors (Lipinski definition) is 2. The van der Waals surface area contributed by atoms with Gasteiger partial charge < -0.3 is 5.73 Å². The zero-order valence-electron chi connectivity index (χ0n) is 9.15. The Morgan fingerprint density at radius 3 is 3.00 bits per heavy atom. The Hall–Kier alpha value is -1.50. The lowest BCUT2D eigenvalue weighted by Gasteiger charge is -2.40. The van der Waals surface area contributed by atoms with Crippen molar-refractivity contribution in [2.45, 2.75) is 31.2 Å². The molecule has 0 aromatic heterocycles. The second-order valence-corrected chi connectivity index (χ2v) is 5.07. The number of amides is 2. The van der Waals surface area contributed by atoms with Crippen LogP contribution in [0.3, 0.4) is 0 Å². The number of nitrogens with two attached hydrogens (primary N) is 1. The van der Waals surface area contributed by atoms with E-state index in [9.17, 15) is 4.79 Å². The van der Waals surface area contributed by atoms with Gasteiger partial charge in [-0.3, -0.25) is 4.90 Å². The molecule has 84 valence electrons. The van der Waals surface area contributed by atoms with Crippen LogP contribution in [-0.2, 0) is 0 Å². The maximum Gasteiger partial charge on any atom is 0.346 e. The number of terminal acetylenes is 1. The predicted octanol–water partition coefficient (Wildman–Crippen LogP) is 0.971. The number of amidine groups is 1. The highest BCUT2D eigenvalue weighted by Gasteiger charge is 2.60. The minimum Gasteiger partial charge on any atom is -0.385 e. The van der Waals surface area contributed by atoms with Gasteiger partial charge in [-0.15, -0.1) is 6.42 Å². The number of carbonyl (C=O) groups excluding carboxylic acids is 1. The maximum atomic E-state index is 11.8. The average Bonchev–Trinajstić information content (AvgIpc) is 2.89. The first kappa shape index (κ1) is 9.71. The van der Waals surface area contributed by atoms with Gasteiger partial charge in [0.1, 0.15) is 11.4 Å². The Kier molecular flexibility index (Phi) is 1.82. The molecule has 2 bridgehead atoms. The van der Waals surface area contributed by atoms with Gasteiger partial charge in [0.15, 0.2) is 0 Å². The van der Waals surface area contributed by atoms with Crippen molar-refractivity contribution in [1.29, 1.82) is 0 Å². The SMILES string of the molecule is C#CCN1C(=O)N=C(N)C12CC1CCC2C1. The smallest absolute Gasteiger partial charge is 0.346 e. The van der Waals surface area contributed by atoms with Crippen LogP contribution in [0.1, 0.15) is 25.7 Å². The second kappa shape index (κ2) is 3.00. The average molecular weight is 217 g/mol. The zero-order valence-corrected chi connectivity index (χ0v) is 9.15. The van der Waals surface area contributed by atoms with Gasteiger partial charge in [0.25, 0.3) is 0 Å². The molecule has 0 radical (unpaired) electrons. The summed E-state index contributed by atoms with van der Waals surface area (Å²) in [4.78, 5) is 17.4.